The number of piperazine rings is 1. The van der Waals surface area contributed by atoms with Crippen molar-refractivity contribution in [3.05, 3.63) is 28.3 Å². The highest BCUT2D eigenvalue weighted by atomic mass is 32.2. The number of ether oxygens (including phenoxy) is 2. The number of nitrogens with zero attached hydrogens (tertiary/aromatic N) is 5. The SMILES string of the molecule is CCCCOc1c(C(=O)OC)nc2c(N(C)S(C)(=O)=O)cc(N3CCN(C(C)C)CC3)cn2c1=O. The molecule has 12 heteroatoms. The van der Waals surface area contributed by atoms with Crippen LogP contribution in [0.1, 0.15) is 44.1 Å². The number of anilines is 2. The van der Waals surface area contributed by atoms with E-state index in [0.29, 0.717) is 31.2 Å². The summed E-state index contributed by atoms with van der Waals surface area (Å²) in [6.45, 7) is 9.62. The smallest absolute Gasteiger partial charge is 0.360 e. The highest BCUT2D eigenvalue weighted by Gasteiger charge is 2.27. The Morgan fingerprint density at radius 2 is 1.89 bits per heavy atom. The lowest BCUT2D eigenvalue weighted by Gasteiger charge is -2.38. The Labute approximate surface area is 206 Å². The lowest BCUT2D eigenvalue weighted by atomic mass is 10.2. The zero-order chi connectivity index (χ0) is 25.9. The van der Waals surface area contributed by atoms with E-state index in [1.807, 2.05) is 6.92 Å². The van der Waals surface area contributed by atoms with Gasteiger partial charge in [-0.15, -0.1) is 0 Å². The standard InChI is InChI=1S/C23H35N5O6S/c1-7-8-13-34-20-19(23(30)33-5)24-21-18(25(4)35(6,31)32)14-17(15-28(21)22(20)29)27-11-9-26(10-12-27)16(2)3/h14-16H,7-13H2,1-6H3. The highest BCUT2D eigenvalue weighted by molar-refractivity contribution is 7.92. The molecule has 0 unspecified atom stereocenters. The van der Waals surface area contributed by atoms with Crippen LogP contribution in [0, 0.1) is 0 Å². The quantitative estimate of drug-likeness (QED) is 0.367. The van der Waals surface area contributed by atoms with Gasteiger partial charge in [-0.1, -0.05) is 13.3 Å². The van der Waals surface area contributed by atoms with Gasteiger partial charge in [0, 0.05) is 45.5 Å². The predicted molar refractivity (Wildman–Crippen MR) is 135 cm³/mol. The Morgan fingerprint density at radius 1 is 1.23 bits per heavy atom. The van der Waals surface area contributed by atoms with E-state index in [-0.39, 0.29) is 29.4 Å². The van der Waals surface area contributed by atoms with Gasteiger partial charge in [-0.25, -0.2) is 18.2 Å². The van der Waals surface area contributed by atoms with Gasteiger partial charge < -0.3 is 14.4 Å². The van der Waals surface area contributed by atoms with Crippen LogP contribution in [0.3, 0.4) is 0 Å². The largest absolute Gasteiger partial charge is 0.486 e. The van der Waals surface area contributed by atoms with Crippen LogP contribution in [0.25, 0.3) is 5.65 Å². The molecule has 3 heterocycles. The Kier molecular flexibility index (Phi) is 8.26. The maximum Gasteiger partial charge on any atom is 0.360 e. The van der Waals surface area contributed by atoms with Crippen molar-refractivity contribution >= 4 is 33.0 Å². The summed E-state index contributed by atoms with van der Waals surface area (Å²) < 4.78 is 37.7. The summed E-state index contributed by atoms with van der Waals surface area (Å²) in [5.41, 5.74) is 0.00221. The van der Waals surface area contributed by atoms with Gasteiger partial charge in [0.1, 0.15) is 0 Å². The second-order valence-corrected chi connectivity index (χ2v) is 10.9. The van der Waals surface area contributed by atoms with Crippen molar-refractivity contribution < 1.29 is 22.7 Å². The van der Waals surface area contributed by atoms with Gasteiger partial charge in [0.25, 0.3) is 0 Å². The van der Waals surface area contributed by atoms with Gasteiger partial charge in [0.15, 0.2) is 11.3 Å². The van der Waals surface area contributed by atoms with E-state index in [9.17, 15) is 18.0 Å². The number of rotatable bonds is 9. The number of methoxy groups -OCH3 is 1. The number of carbonyl (C=O) groups is 1. The molecule has 0 spiro atoms. The number of hydrogen-bond acceptors (Lipinski definition) is 9. The van der Waals surface area contributed by atoms with E-state index < -0.39 is 21.6 Å². The second kappa shape index (κ2) is 10.8. The lowest BCUT2D eigenvalue weighted by Crippen LogP contribution is -2.49. The van der Waals surface area contributed by atoms with E-state index in [2.05, 4.69) is 28.6 Å². The number of carbonyl (C=O) groups excluding carboxylic acids is 1. The minimum Gasteiger partial charge on any atom is -0.486 e. The van der Waals surface area contributed by atoms with E-state index in [1.54, 1.807) is 12.3 Å². The number of sulfonamides is 1. The highest BCUT2D eigenvalue weighted by Crippen LogP contribution is 2.29. The summed E-state index contributed by atoms with van der Waals surface area (Å²) in [6, 6.07) is 2.11. The van der Waals surface area contributed by atoms with Gasteiger partial charge in [0.2, 0.25) is 15.8 Å². The van der Waals surface area contributed by atoms with Crippen LogP contribution in [-0.2, 0) is 14.8 Å². The van der Waals surface area contributed by atoms with Crippen molar-refractivity contribution in [2.24, 2.45) is 0 Å². The molecule has 0 radical (unpaired) electrons. The first-order chi connectivity index (χ1) is 16.5. The summed E-state index contributed by atoms with van der Waals surface area (Å²) in [6.07, 6.45) is 4.22. The van der Waals surface area contributed by atoms with Gasteiger partial charge in [-0.05, 0) is 26.3 Å². The molecule has 0 saturated carbocycles. The fourth-order valence-electron chi connectivity index (χ4n) is 3.96. The minimum absolute atomic E-state index is 0.0238. The fraction of sp³-hybridized carbons (Fsp3) is 0.609. The summed E-state index contributed by atoms with van der Waals surface area (Å²) >= 11 is 0. The molecule has 0 amide bonds. The molecular weight excluding hydrogens is 474 g/mol. The average Bonchev–Trinajstić information content (AvgIpc) is 2.83. The van der Waals surface area contributed by atoms with Crippen molar-refractivity contribution in [2.45, 2.75) is 39.7 Å². The molecule has 1 aliphatic rings. The van der Waals surface area contributed by atoms with Crippen LogP contribution in [0.15, 0.2) is 17.1 Å². The van der Waals surface area contributed by atoms with Crippen LogP contribution in [0.5, 0.6) is 5.75 Å². The third-order valence-corrected chi connectivity index (χ3v) is 7.41. The van der Waals surface area contributed by atoms with Crippen molar-refractivity contribution in [2.75, 3.05) is 62.4 Å². The average molecular weight is 510 g/mol. The molecule has 1 fully saturated rings. The number of esters is 1. The van der Waals surface area contributed by atoms with Gasteiger partial charge >= 0.3 is 11.5 Å². The van der Waals surface area contributed by atoms with E-state index in [0.717, 1.165) is 30.1 Å². The molecule has 1 saturated heterocycles. The van der Waals surface area contributed by atoms with Crippen LogP contribution in [0.2, 0.25) is 0 Å². The molecule has 0 atom stereocenters. The third kappa shape index (κ3) is 5.69. The van der Waals surface area contributed by atoms with Crippen molar-refractivity contribution in [1.29, 1.82) is 0 Å². The number of aromatic nitrogens is 2. The Balaban J connectivity index is 2.23. The molecule has 2 aromatic rings. The first kappa shape index (κ1) is 26.7. The van der Waals surface area contributed by atoms with E-state index in [1.165, 1.54) is 18.6 Å². The summed E-state index contributed by atoms with van der Waals surface area (Å²) in [4.78, 5) is 34.9. The summed E-state index contributed by atoms with van der Waals surface area (Å²) in [5.74, 6) is -1.05. The van der Waals surface area contributed by atoms with E-state index in [4.69, 9.17) is 9.47 Å². The normalized spacial score (nSPS) is 15.0. The van der Waals surface area contributed by atoms with Gasteiger partial charge in [-0.3, -0.25) is 18.4 Å². The van der Waals surface area contributed by atoms with Crippen LogP contribution in [-0.4, -0.2) is 87.9 Å². The maximum absolute atomic E-state index is 13.6. The van der Waals surface area contributed by atoms with Gasteiger partial charge in [-0.2, -0.15) is 0 Å². The number of pyridine rings is 1. The molecule has 35 heavy (non-hydrogen) atoms. The van der Waals surface area contributed by atoms with Gasteiger partial charge in [0.05, 0.1) is 31.3 Å². The molecule has 0 aromatic carbocycles. The molecular formula is C23H35N5O6S. The topological polar surface area (TPSA) is 114 Å². The van der Waals surface area contributed by atoms with Crippen LogP contribution < -0.4 is 19.5 Å². The zero-order valence-electron chi connectivity index (χ0n) is 21.3. The Hall–Kier alpha value is -2.86. The Morgan fingerprint density at radius 3 is 2.43 bits per heavy atom. The summed E-state index contributed by atoms with van der Waals surface area (Å²) in [5, 5.41) is 0. The minimum atomic E-state index is -3.69. The number of fused-ring (bicyclic) bond motifs is 1. The van der Waals surface area contributed by atoms with Crippen molar-refractivity contribution in [1.82, 2.24) is 14.3 Å². The molecule has 0 bridgehead atoms. The molecule has 194 valence electrons. The molecule has 2 aromatic heterocycles. The summed E-state index contributed by atoms with van der Waals surface area (Å²) in [7, 11) is -1.11. The van der Waals surface area contributed by atoms with Crippen LogP contribution in [0.4, 0.5) is 11.4 Å². The van der Waals surface area contributed by atoms with E-state index >= 15 is 0 Å². The van der Waals surface area contributed by atoms with Crippen molar-refractivity contribution in [3.8, 4) is 5.75 Å². The second-order valence-electron chi connectivity index (χ2n) is 8.91. The maximum atomic E-state index is 13.6. The molecule has 0 N–H and O–H groups in total. The molecule has 3 rings (SSSR count). The molecule has 11 nitrogen and oxygen atoms in total. The number of hydrogen-bond donors (Lipinski definition) is 0. The third-order valence-electron chi connectivity index (χ3n) is 6.22. The molecule has 0 aliphatic carbocycles. The zero-order valence-corrected chi connectivity index (χ0v) is 22.1. The number of unbranched alkanes of at least 4 members (excludes halogenated alkanes) is 1. The fourth-order valence-corrected chi connectivity index (χ4v) is 4.45. The first-order valence-electron chi connectivity index (χ1n) is 11.7. The lowest BCUT2D eigenvalue weighted by molar-refractivity contribution is 0.0588. The first-order valence-corrected chi connectivity index (χ1v) is 13.6. The predicted octanol–water partition coefficient (Wildman–Crippen LogP) is 1.59. The molecule has 1 aliphatic heterocycles. The monoisotopic (exact) mass is 509 g/mol. The van der Waals surface area contributed by atoms with Crippen LogP contribution >= 0.6 is 0 Å². The Bertz CT molecular complexity index is 1240. The van der Waals surface area contributed by atoms with Crippen molar-refractivity contribution in [3.63, 3.8) is 0 Å².